The first-order valence-corrected chi connectivity index (χ1v) is 11.5. The van der Waals surface area contributed by atoms with E-state index < -0.39 is 47.3 Å². The Balaban J connectivity index is 0.00000512. The number of aliphatic carboxylic acids is 1. The van der Waals surface area contributed by atoms with Crippen LogP contribution in [0.3, 0.4) is 0 Å². The quantitative estimate of drug-likeness (QED) is 0.140. The van der Waals surface area contributed by atoms with E-state index >= 15 is 0 Å². The Morgan fingerprint density at radius 3 is 2.25 bits per heavy atom. The summed E-state index contributed by atoms with van der Waals surface area (Å²) in [7, 11) is 0. The van der Waals surface area contributed by atoms with Gasteiger partial charge in [0.15, 0.2) is 0 Å². The standard InChI is InChI=1S/C18H24N2O8S3.Na/c1-9(21)13-15(24)20-14(17(25)26)12(31-16(13)20)8-30-18(29)19(4-6-27-10(2)22)5-7-28-11(3)23;/h8-9,13-14,16,21H,4-7H2,1-3H3,(H,25,26);/q;+1/p-1/t9-,13+,14?,16-;/m1./s1. The second kappa shape index (κ2) is 13.2. The Labute approximate surface area is 221 Å². The fourth-order valence-electron chi connectivity index (χ4n) is 3.10. The van der Waals surface area contributed by atoms with Crippen molar-refractivity contribution in [3.8, 4) is 0 Å². The number of carbonyl (C=O) groups excluding carboxylic acids is 4. The summed E-state index contributed by atoms with van der Waals surface area (Å²) in [5, 5.41) is 22.5. The average molecular weight is 515 g/mol. The number of nitrogens with zero attached hydrogens (tertiary/aromatic N) is 2. The molecule has 0 aliphatic carbocycles. The van der Waals surface area contributed by atoms with E-state index in [1.54, 1.807) is 10.3 Å². The van der Waals surface area contributed by atoms with Gasteiger partial charge in [0.2, 0.25) is 5.91 Å². The molecule has 2 heterocycles. The van der Waals surface area contributed by atoms with Crippen molar-refractivity contribution in [3.63, 3.8) is 0 Å². The third kappa shape index (κ3) is 7.34. The van der Waals surface area contributed by atoms with Crippen LogP contribution >= 0.6 is 35.7 Å². The number of thioether (sulfide) groups is 2. The van der Waals surface area contributed by atoms with Gasteiger partial charge in [0.25, 0.3) is 0 Å². The molecule has 0 aromatic heterocycles. The van der Waals surface area contributed by atoms with E-state index in [1.807, 2.05) is 0 Å². The summed E-state index contributed by atoms with van der Waals surface area (Å²) >= 11 is 7.65. The number of amides is 1. The molecule has 0 aromatic rings. The molecule has 4 atom stereocenters. The number of hydrogen-bond acceptors (Lipinski definition) is 11. The number of aliphatic hydroxyl groups is 1. The van der Waals surface area contributed by atoms with Crippen LogP contribution in [0, 0.1) is 5.92 Å². The summed E-state index contributed by atoms with van der Waals surface area (Å²) in [5.74, 6) is -3.39. The van der Waals surface area contributed by atoms with Crippen LogP contribution in [0.25, 0.3) is 0 Å². The zero-order chi connectivity index (χ0) is 23.3. The number of thiocarbonyl (C=S) groups is 1. The summed E-state index contributed by atoms with van der Waals surface area (Å²) in [5.41, 5.74) is 0. The molecule has 1 unspecified atom stereocenters. The van der Waals surface area contributed by atoms with Crippen molar-refractivity contribution >= 4 is 63.9 Å². The summed E-state index contributed by atoms with van der Waals surface area (Å²) < 4.78 is 10.2. The number of carboxylic acids is 1. The molecule has 0 bridgehead atoms. The first-order valence-electron chi connectivity index (χ1n) is 9.34. The molecule has 2 saturated heterocycles. The van der Waals surface area contributed by atoms with Crippen molar-refractivity contribution in [2.45, 2.75) is 38.3 Å². The van der Waals surface area contributed by atoms with Gasteiger partial charge < -0.3 is 34.3 Å². The largest absolute Gasteiger partial charge is 1.00 e. The van der Waals surface area contributed by atoms with Gasteiger partial charge in [0.1, 0.15) is 23.6 Å². The van der Waals surface area contributed by atoms with Crippen molar-refractivity contribution in [2.24, 2.45) is 5.92 Å². The number of hydrogen-bond donors (Lipinski definition) is 1. The van der Waals surface area contributed by atoms with Crippen LogP contribution in [-0.2, 0) is 28.7 Å². The molecule has 0 spiro atoms. The number of esters is 2. The fraction of sp³-hybridized carbons (Fsp3) is 0.611. The van der Waals surface area contributed by atoms with Gasteiger partial charge in [-0.1, -0.05) is 24.0 Å². The van der Waals surface area contributed by atoms with E-state index in [2.05, 4.69) is 0 Å². The molecule has 10 nitrogen and oxygen atoms in total. The second-order valence-electron chi connectivity index (χ2n) is 6.81. The van der Waals surface area contributed by atoms with Gasteiger partial charge in [0, 0.05) is 18.8 Å². The van der Waals surface area contributed by atoms with Crippen LogP contribution in [0.1, 0.15) is 20.8 Å². The second-order valence-corrected chi connectivity index (χ2v) is 9.51. The third-order valence-electron chi connectivity index (χ3n) is 4.54. The molecular formula is C18H23N2NaO8S3. The van der Waals surface area contributed by atoms with E-state index in [0.717, 1.165) is 11.8 Å². The summed E-state index contributed by atoms with van der Waals surface area (Å²) in [6.07, 6.45) is -0.894. The van der Waals surface area contributed by atoms with E-state index in [1.165, 1.54) is 37.4 Å². The molecule has 0 aromatic carbocycles. The first kappa shape index (κ1) is 29.2. The predicted octanol–water partition coefficient (Wildman–Crippen LogP) is -3.69. The Hall–Kier alpha value is -0.830. The van der Waals surface area contributed by atoms with E-state index in [-0.39, 0.29) is 55.9 Å². The van der Waals surface area contributed by atoms with E-state index in [9.17, 15) is 29.4 Å². The van der Waals surface area contributed by atoms with Crippen LogP contribution in [0.2, 0.25) is 0 Å². The summed E-state index contributed by atoms with van der Waals surface area (Å²) in [6.45, 7) is 4.71. The maximum Gasteiger partial charge on any atom is 1.00 e. The number of carboxylic acid groups (broad SMARTS) is 1. The van der Waals surface area contributed by atoms with Crippen molar-refractivity contribution in [1.29, 1.82) is 0 Å². The summed E-state index contributed by atoms with van der Waals surface area (Å²) in [6, 6.07) is -1.23. The minimum atomic E-state index is -1.41. The normalized spacial score (nSPS) is 23.5. The first-order chi connectivity index (χ1) is 14.5. The molecular weight excluding hydrogens is 491 g/mol. The van der Waals surface area contributed by atoms with Crippen molar-refractivity contribution in [1.82, 2.24) is 9.80 Å². The van der Waals surface area contributed by atoms with E-state index in [4.69, 9.17) is 21.7 Å². The molecule has 2 fully saturated rings. The number of aliphatic hydroxyl groups excluding tert-OH is 1. The predicted molar refractivity (Wildman–Crippen MR) is 115 cm³/mol. The Morgan fingerprint density at radius 2 is 1.81 bits per heavy atom. The topological polar surface area (TPSA) is 137 Å². The number of ether oxygens (including phenoxy) is 2. The zero-order valence-corrected chi connectivity index (χ0v) is 22.6. The number of fused-ring (bicyclic) bond motifs is 1. The van der Waals surface area contributed by atoms with Gasteiger partial charge in [-0.25, -0.2) is 0 Å². The van der Waals surface area contributed by atoms with Gasteiger partial charge >= 0.3 is 41.5 Å². The van der Waals surface area contributed by atoms with Gasteiger partial charge in [-0.05, 0) is 12.3 Å². The maximum atomic E-state index is 12.2. The molecule has 2 aliphatic heterocycles. The van der Waals surface area contributed by atoms with Crippen LogP contribution in [-0.4, -0.2) is 86.9 Å². The molecule has 0 saturated carbocycles. The van der Waals surface area contributed by atoms with Crippen molar-refractivity contribution < 1.29 is 68.4 Å². The van der Waals surface area contributed by atoms with Crippen molar-refractivity contribution in [3.05, 3.63) is 10.3 Å². The van der Waals surface area contributed by atoms with E-state index in [0.29, 0.717) is 9.23 Å². The van der Waals surface area contributed by atoms with Crippen molar-refractivity contribution in [2.75, 3.05) is 26.3 Å². The molecule has 2 aliphatic rings. The van der Waals surface area contributed by atoms with Gasteiger partial charge in [-0.15, -0.1) is 11.8 Å². The molecule has 1 N–H and O–H groups in total. The molecule has 0 radical (unpaired) electrons. The molecule has 2 rings (SSSR count). The molecule has 1 amide bonds. The number of rotatable bonds is 9. The molecule has 172 valence electrons. The van der Waals surface area contributed by atoms with Gasteiger partial charge in [-0.2, -0.15) is 0 Å². The number of carbonyl (C=O) groups is 4. The maximum absolute atomic E-state index is 12.2. The number of β-lactam (4-membered cyclic amide) rings is 1. The monoisotopic (exact) mass is 514 g/mol. The minimum Gasteiger partial charge on any atom is -0.547 e. The van der Waals surface area contributed by atoms with Crippen LogP contribution < -0.4 is 34.7 Å². The van der Waals surface area contributed by atoms with Crippen LogP contribution in [0.4, 0.5) is 0 Å². The summed E-state index contributed by atoms with van der Waals surface area (Å²) in [4.78, 5) is 49.1. The Morgan fingerprint density at radius 1 is 1.28 bits per heavy atom. The smallest absolute Gasteiger partial charge is 0.547 e. The Bertz CT molecular complexity index is 774. The van der Waals surface area contributed by atoms with Crippen LogP contribution in [0.5, 0.6) is 0 Å². The average Bonchev–Trinajstić information content (AvgIpc) is 2.98. The zero-order valence-electron chi connectivity index (χ0n) is 18.1. The fourth-order valence-corrected chi connectivity index (χ4v) is 5.92. The molecule has 14 heteroatoms. The van der Waals surface area contributed by atoms with Gasteiger partial charge in [-0.3, -0.25) is 14.4 Å². The minimum absolute atomic E-state index is 0. The molecule has 32 heavy (non-hydrogen) atoms. The van der Waals surface area contributed by atoms with Gasteiger partial charge in [0.05, 0.1) is 36.5 Å². The Kier molecular flexibility index (Phi) is 12.0. The van der Waals surface area contributed by atoms with Crippen LogP contribution in [0.15, 0.2) is 10.3 Å². The SMILES string of the molecule is CC(=O)OCCN(CCOC(C)=O)C(=S)SC=C1S[C@@H]2[C@@H]([C@@H](C)O)C(=O)N2C1C(=O)[O-].[Na+]. The third-order valence-corrected chi connectivity index (χ3v) is 7.44.